The molecule has 0 fully saturated rings. The molecular weight excluding hydrogens is 409 g/mol. The van der Waals surface area contributed by atoms with Crippen molar-refractivity contribution < 1.29 is 22.7 Å². The molecular formula is C22H17F3N4O2. The van der Waals surface area contributed by atoms with E-state index < -0.39 is 11.7 Å². The number of nitrogens with one attached hydrogen (secondary N) is 1. The van der Waals surface area contributed by atoms with Crippen molar-refractivity contribution in [3.05, 3.63) is 77.9 Å². The SMILES string of the molecule is CCOc1ccc(C(=O)Nc2ccc3nn(-c4cccc(C(F)(F)F)c4)nc3c2)cc1. The monoisotopic (exact) mass is 426 g/mol. The van der Waals surface area contributed by atoms with E-state index in [0.29, 0.717) is 34.6 Å². The van der Waals surface area contributed by atoms with Gasteiger partial charge in [0.2, 0.25) is 0 Å². The molecule has 0 bridgehead atoms. The van der Waals surface area contributed by atoms with Crippen molar-refractivity contribution in [2.75, 3.05) is 11.9 Å². The van der Waals surface area contributed by atoms with Gasteiger partial charge in [0.15, 0.2) is 0 Å². The minimum absolute atomic E-state index is 0.186. The summed E-state index contributed by atoms with van der Waals surface area (Å²) in [5.74, 6) is 0.361. The maximum absolute atomic E-state index is 13.0. The molecule has 0 spiro atoms. The summed E-state index contributed by atoms with van der Waals surface area (Å²) in [6, 6.07) is 16.4. The third kappa shape index (κ3) is 4.50. The second-order valence-electron chi connectivity index (χ2n) is 6.65. The Balaban J connectivity index is 1.56. The van der Waals surface area contributed by atoms with E-state index in [1.165, 1.54) is 12.1 Å². The first-order valence-corrected chi connectivity index (χ1v) is 9.42. The number of ether oxygens (including phenoxy) is 1. The Morgan fingerprint density at radius 1 is 1.00 bits per heavy atom. The van der Waals surface area contributed by atoms with Gasteiger partial charge in [-0.3, -0.25) is 4.79 Å². The van der Waals surface area contributed by atoms with Crippen molar-refractivity contribution >= 4 is 22.6 Å². The van der Waals surface area contributed by atoms with Crippen LogP contribution in [0.5, 0.6) is 5.75 Å². The molecule has 0 aliphatic rings. The molecule has 0 unspecified atom stereocenters. The molecule has 9 heteroatoms. The number of aromatic nitrogens is 3. The highest BCUT2D eigenvalue weighted by atomic mass is 19.4. The first-order valence-electron chi connectivity index (χ1n) is 9.42. The van der Waals surface area contributed by atoms with Crippen LogP contribution in [0.15, 0.2) is 66.7 Å². The van der Waals surface area contributed by atoms with Gasteiger partial charge < -0.3 is 10.1 Å². The average Bonchev–Trinajstić information content (AvgIpc) is 3.17. The van der Waals surface area contributed by atoms with Crippen molar-refractivity contribution in [3.63, 3.8) is 0 Å². The van der Waals surface area contributed by atoms with Crippen LogP contribution in [0.3, 0.4) is 0 Å². The highest BCUT2D eigenvalue weighted by Gasteiger charge is 2.30. The van der Waals surface area contributed by atoms with Gasteiger partial charge in [0.05, 0.1) is 17.9 Å². The summed E-state index contributed by atoms with van der Waals surface area (Å²) in [6.07, 6.45) is -4.46. The van der Waals surface area contributed by atoms with E-state index in [2.05, 4.69) is 15.5 Å². The second kappa shape index (κ2) is 8.10. The quantitative estimate of drug-likeness (QED) is 0.483. The highest BCUT2D eigenvalue weighted by Crippen LogP contribution is 2.30. The lowest BCUT2D eigenvalue weighted by Gasteiger charge is -2.07. The van der Waals surface area contributed by atoms with E-state index in [-0.39, 0.29) is 11.6 Å². The van der Waals surface area contributed by atoms with Crippen LogP contribution in [0.25, 0.3) is 16.7 Å². The molecule has 1 heterocycles. The first-order chi connectivity index (χ1) is 14.8. The number of halogens is 3. The topological polar surface area (TPSA) is 69.0 Å². The number of hydrogen-bond donors (Lipinski definition) is 1. The highest BCUT2D eigenvalue weighted by molar-refractivity contribution is 6.05. The number of rotatable bonds is 5. The predicted molar refractivity (Wildman–Crippen MR) is 109 cm³/mol. The van der Waals surface area contributed by atoms with E-state index in [1.54, 1.807) is 42.5 Å². The predicted octanol–water partition coefficient (Wildman–Crippen LogP) is 5.09. The zero-order valence-electron chi connectivity index (χ0n) is 16.3. The summed E-state index contributed by atoms with van der Waals surface area (Å²) in [7, 11) is 0. The molecule has 6 nitrogen and oxygen atoms in total. The van der Waals surface area contributed by atoms with Crippen molar-refractivity contribution in [2.24, 2.45) is 0 Å². The number of hydrogen-bond acceptors (Lipinski definition) is 4. The molecule has 0 atom stereocenters. The summed E-state index contributed by atoms with van der Waals surface area (Å²) in [5, 5.41) is 11.2. The summed E-state index contributed by atoms with van der Waals surface area (Å²) in [4.78, 5) is 13.6. The fourth-order valence-corrected chi connectivity index (χ4v) is 2.99. The third-order valence-electron chi connectivity index (χ3n) is 4.47. The van der Waals surface area contributed by atoms with Gasteiger partial charge in [0.25, 0.3) is 5.91 Å². The summed E-state index contributed by atoms with van der Waals surface area (Å²) in [5.41, 5.74) is 1.26. The Hall–Kier alpha value is -3.88. The molecule has 1 N–H and O–H groups in total. The summed E-state index contributed by atoms with van der Waals surface area (Å²) in [6.45, 7) is 2.41. The fraction of sp³-hybridized carbons (Fsp3) is 0.136. The number of fused-ring (bicyclic) bond motifs is 1. The molecule has 1 amide bonds. The largest absolute Gasteiger partial charge is 0.494 e. The van der Waals surface area contributed by atoms with Crippen LogP contribution in [0.1, 0.15) is 22.8 Å². The minimum atomic E-state index is -4.46. The fourth-order valence-electron chi connectivity index (χ4n) is 2.99. The van der Waals surface area contributed by atoms with Gasteiger partial charge in [0, 0.05) is 11.3 Å². The van der Waals surface area contributed by atoms with Gasteiger partial charge in [0.1, 0.15) is 16.8 Å². The molecule has 3 aromatic carbocycles. The Labute approximate surface area is 175 Å². The molecule has 1 aromatic heterocycles. The van der Waals surface area contributed by atoms with Crippen LogP contribution in [0, 0.1) is 0 Å². The van der Waals surface area contributed by atoms with Crippen LogP contribution in [-0.2, 0) is 6.18 Å². The second-order valence-corrected chi connectivity index (χ2v) is 6.65. The Morgan fingerprint density at radius 2 is 1.74 bits per heavy atom. The first kappa shape index (κ1) is 20.4. The van der Waals surface area contributed by atoms with Gasteiger partial charge in [-0.05, 0) is 67.6 Å². The van der Waals surface area contributed by atoms with Crippen molar-refractivity contribution in [1.82, 2.24) is 15.0 Å². The zero-order chi connectivity index (χ0) is 22.0. The van der Waals surface area contributed by atoms with Crippen LogP contribution in [-0.4, -0.2) is 27.5 Å². The molecule has 0 saturated carbocycles. The zero-order valence-corrected chi connectivity index (χ0v) is 16.3. The van der Waals surface area contributed by atoms with Crippen molar-refractivity contribution in [3.8, 4) is 11.4 Å². The molecule has 158 valence electrons. The number of carbonyl (C=O) groups is 1. The van der Waals surface area contributed by atoms with Crippen LogP contribution >= 0.6 is 0 Å². The van der Waals surface area contributed by atoms with E-state index in [9.17, 15) is 18.0 Å². The number of amides is 1. The third-order valence-corrected chi connectivity index (χ3v) is 4.47. The lowest BCUT2D eigenvalue weighted by Crippen LogP contribution is -2.11. The van der Waals surface area contributed by atoms with Crippen LogP contribution < -0.4 is 10.1 Å². The lowest BCUT2D eigenvalue weighted by atomic mass is 10.2. The lowest BCUT2D eigenvalue weighted by molar-refractivity contribution is -0.137. The molecule has 0 aliphatic heterocycles. The molecule has 4 aromatic rings. The number of nitrogens with zero attached hydrogens (tertiary/aromatic N) is 3. The van der Waals surface area contributed by atoms with Gasteiger partial charge >= 0.3 is 6.18 Å². The molecule has 31 heavy (non-hydrogen) atoms. The maximum atomic E-state index is 13.0. The Morgan fingerprint density at radius 3 is 2.45 bits per heavy atom. The summed E-state index contributed by atoms with van der Waals surface area (Å²) >= 11 is 0. The van der Waals surface area contributed by atoms with E-state index >= 15 is 0 Å². The van der Waals surface area contributed by atoms with Gasteiger partial charge in [-0.1, -0.05) is 6.07 Å². The number of alkyl halides is 3. The molecule has 0 radical (unpaired) electrons. The van der Waals surface area contributed by atoms with Gasteiger partial charge in [-0.15, -0.1) is 10.2 Å². The number of benzene rings is 3. The average molecular weight is 426 g/mol. The van der Waals surface area contributed by atoms with Gasteiger partial charge in [-0.25, -0.2) is 0 Å². The molecule has 0 aliphatic carbocycles. The van der Waals surface area contributed by atoms with Crippen molar-refractivity contribution in [1.29, 1.82) is 0 Å². The van der Waals surface area contributed by atoms with E-state index in [1.807, 2.05) is 6.92 Å². The molecule has 0 saturated heterocycles. The van der Waals surface area contributed by atoms with Crippen LogP contribution in [0.2, 0.25) is 0 Å². The normalized spacial score (nSPS) is 11.5. The molecule has 4 rings (SSSR count). The van der Waals surface area contributed by atoms with Gasteiger partial charge in [-0.2, -0.15) is 18.0 Å². The summed E-state index contributed by atoms with van der Waals surface area (Å²) < 4.78 is 44.3. The Kier molecular flexibility index (Phi) is 5.33. The number of carbonyl (C=O) groups excluding carboxylic acids is 1. The van der Waals surface area contributed by atoms with Crippen LogP contribution in [0.4, 0.5) is 18.9 Å². The minimum Gasteiger partial charge on any atom is -0.494 e. The maximum Gasteiger partial charge on any atom is 0.416 e. The van der Waals surface area contributed by atoms with E-state index in [0.717, 1.165) is 16.9 Å². The Bertz CT molecular complexity index is 1230. The smallest absolute Gasteiger partial charge is 0.416 e. The van der Waals surface area contributed by atoms with Crippen molar-refractivity contribution in [2.45, 2.75) is 13.1 Å². The standard InChI is InChI=1S/C22H17F3N4O2/c1-2-31-18-9-6-14(7-10-18)21(30)26-16-8-11-19-20(13-16)28-29(27-19)17-5-3-4-15(12-17)22(23,24)25/h3-13H,2H2,1H3,(H,26,30). The number of anilines is 1. The van der Waals surface area contributed by atoms with E-state index in [4.69, 9.17) is 4.74 Å².